The lowest BCUT2D eigenvalue weighted by Crippen LogP contribution is -2.39. The van der Waals surface area contributed by atoms with Gasteiger partial charge in [0, 0.05) is 19.5 Å². The number of nitrogens with one attached hydrogen (secondary N) is 1. The predicted molar refractivity (Wildman–Crippen MR) is 93.5 cm³/mol. The van der Waals surface area contributed by atoms with Crippen LogP contribution in [-0.4, -0.2) is 36.4 Å². The third-order valence-electron chi connectivity index (χ3n) is 4.30. The summed E-state index contributed by atoms with van der Waals surface area (Å²) in [6, 6.07) is 9.14. The largest absolute Gasteiger partial charge is 0.497 e. The average molecular weight is 343 g/mol. The molecule has 0 unspecified atom stereocenters. The van der Waals surface area contributed by atoms with Gasteiger partial charge in [-0.15, -0.1) is 0 Å². The summed E-state index contributed by atoms with van der Waals surface area (Å²) in [6.07, 6.45) is 0.806. The highest BCUT2D eigenvalue weighted by molar-refractivity contribution is 5.89. The molecule has 2 rings (SSSR count). The molecule has 1 N–H and O–H groups in total. The van der Waals surface area contributed by atoms with Crippen molar-refractivity contribution in [3.8, 4) is 11.8 Å². The number of methoxy groups -OCH3 is 1. The average Bonchev–Trinajstić information content (AvgIpc) is 2.95. The van der Waals surface area contributed by atoms with Crippen molar-refractivity contribution in [1.82, 2.24) is 10.2 Å². The quantitative estimate of drug-likeness (QED) is 0.822. The van der Waals surface area contributed by atoms with Crippen molar-refractivity contribution in [2.24, 2.45) is 11.8 Å². The molecule has 2 amide bonds. The Kier molecular flexibility index (Phi) is 6.40. The van der Waals surface area contributed by atoms with Crippen LogP contribution in [0.15, 0.2) is 24.3 Å². The number of likely N-dealkylation sites (tertiary alicyclic amines) is 1. The molecule has 1 aliphatic heterocycles. The maximum absolute atomic E-state index is 12.4. The molecule has 2 atom stereocenters. The first kappa shape index (κ1) is 18.8. The monoisotopic (exact) mass is 343 g/mol. The van der Waals surface area contributed by atoms with Gasteiger partial charge in [0.25, 0.3) is 0 Å². The fraction of sp³-hybridized carbons (Fsp3) is 0.526. The van der Waals surface area contributed by atoms with E-state index < -0.39 is 12.0 Å². The number of nitrogens with zero attached hydrogens (tertiary/aromatic N) is 2. The van der Waals surface area contributed by atoms with Crippen LogP contribution in [0.25, 0.3) is 0 Å². The summed E-state index contributed by atoms with van der Waals surface area (Å²) in [5.41, 5.74) is 0.991. The Labute approximate surface area is 148 Å². The molecule has 134 valence electrons. The normalized spacial score (nSPS) is 18.1. The van der Waals surface area contributed by atoms with Crippen molar-refractivity contribution in [2.45, 2.75) is 39.3 Å². The summed E-state index contributed by atoms with van der Waals surface area (Å²) in [5, 5.41) is 11.9. The number of hydrogen-bond acceptors (Lipinski definition) is 4. The first-order valence-electron chi connectivity index (χ1n) is 8.53. The van der Waals surface area contributed by atoms with Crippen LogP contribution in [0.2, 0.25) is 0 Å². The lowest BCUT2D eigenvalue weighted by Gasteiger charge is -2.18. The molecule has 0 aromatic heterocycles. The second kappa shape index (κ2) is 8.52. The third-order valence-corrected chi connectivity index (χ3v) is 4.30. The van der Waals surface area contributed by atoms with Crippen LogP contribution in [0, 0.1) is 23.2 Å². The molecule has 1 saturated heterocycles. The van der Waals surface area contributed by atoms with E-state index >= 15 is 0 Å². The van der Waals surface area contributed by atoms with E-state index in [2.05, 4.69) is 11.4 Å². The molecule has 0 saturated carbocycles. The molecule has 0 aliphatic carbocycles. The topological polar surface area (TPSA) is 82.4 Å². The van der Waals surface area contributed by atoms with E-state index in [1.54, 1.807) is 12.0 Å². The number of carbonyl (C=O) groups excluding carboxylic acids is 2. The third kappa shape index (κ3) is 5.21. The summed E-state index contributed by atoms with van der Waals surface area (Å²) in [7, 11) is 1.61. The van der Waals surface area contributed by atoms with Crippen LogP contribution >= 0.6 is 0 Å². The Morgan fingerprint density at radius 1 is 1.40 bits per heavy atom. The Balaban J connectivity index is 1.92. The molecule has 1 fully saturated rings. The number of rotatable bonds is 7. The van der Waals surface area contributed by atoms with Crippen LogP contribution in [0.3, 0.4) is 0 Å². The lowest BCUT2D eigenvalue weighted by atomic mass is 10.0. The summed E-state index contributed by atoms with van der Waals surface area (Å²) < 4.78 is 5.12. The zero-order valence-electron chi connectivity index (χ0n) is 15.0. The summed E-state index contributed by atoms with van der Waals surface area (Å²) in [5.74, 6) is 0.447. The van der Waals surface area contributed by atoms with E-state index in [9.17, 15) is 9.59 Å². The van der Waals surface area contributed by atoms with Crippen LogP contribution in [0.5, 0.6) is 5.75 Å². The van der Waals surface area contributed by atoms with Crippen molar-refractivity contribution >= 4 is 11.8 Å². The zero-order chi connectivity index (χ0) is 18.4. The van der Waals surface area contributed by atoms with Gasteiger partial charge < -0.3 is 15.0 Å². The molecule has 25 heavy (non-hydrogen) atoms. The molecular formula is C19H25N3O3. The van der Waals surface area contributed by atoms with Crippen LogP contribution in [0.1, 0.15) is 32.3 Å². The summed E-state index contributed by atoms with van der Waals surface area (Å²) in [4.78, 5) is 26.3. The number of hydrogen-bond donors (Lipinski definition) is 1. The van der Waals surface area contributed by atoms with Crippen LogP contribution in [-0.2, 0) is 16.1 Å². The van der Waals surface area contributed by atoms with E-state index in [4.69, 9.17) is 10.00 Å². The summed E-state index contributed by atoms with van der Waals surface area (Å²) >= 11 is 0. The van der Waals surface area contributed by atoms with Gasteiger partial charge in [0.2, 0.25) is 11.8 Å². The number of nitriles is 1. The van der Waals surface area contributed by atoms with Gasteiger partial charge in [0.1, 0.15) is 11.8 Å². The van der Waals surface area contributed by atoms with Crippen molar-refractivity contribution in [2.75, 3.05) is 13.7 Å². The van der Waals surface area contributed by atoms with Gasteiger partial charge in [-0.2, -0.15) is 5.26 Å². The number of ether oxygens (including phenoxy) is 1. The van der Waals surface area contributed by atoms with Gasteiger partial charge in [0.05, 0.1) is 19.1 Å². The Morgan fingerprint density at radius 3 is 2.64 bits per heavy atom. The van der Waals surface area contributed by atoms with E-state index in [0.29, 0.717) is 25.4 Å². The van der Waals surface area contributed by atoms with E-state index in [0.717, 1.165) is 11.3 Å². The molecule has 1 heterocycles. The molecule has 1 aliphatic rings. The smallest absolute Gasteiger partial charge is 0.226 e. The van der Waals surface area contributed by atoms with E-state index in [1.807, 2.05) is 38.1 Å². The SMILES string of the molecule is COc1ccc(CN2C[C@H](C(=O)N[C@@H](C#N)CC(C)C)CC2=O)cc1. The van der Waals surface area contributed by atoms with Gasteiger partial charge in [-0.25, -0.2) is 0 Å². The van der Waals surface area contributed by atoms with E-state index in [1.165, 1.54) is 0 Å². The molecule has 6 nitrogen and oxygen atoms in total. The van der Waals surface area contributed by atoms with Gasteiger partial charge in [0.15, 0.2) is 0 Å². The van der Waals surface area contributed by atoms with E-state index in [-0.39, 0.29) is 18.2 Å². The minimum atomic E-state index is -0.502. The molecule has 0 bridgehead atoms. The first-order valence-corrected chi connectivity index (χ1v) is 8.53. The highest BCUT2D eigenvalue weighted by Gasteiger charge is 2.35. The van der Waals surface area contributed by atoms with Crippen molar-refractivity contribution in [1.29, 1.82) is 5.26 Å². The molecule has 0 spiro atoms. The van der Waals surface area contributed by atoms with Gasteiger partial charge in [-0.05, 0) is 30.0 Å². The fourth-order valence-corrected chi connectivity index (χ4v) is 2.96. The minimum absolute atomic E-state index is 0.0339. The zero-order valence-corrected chi connectivity index (χ0v) is 15.0. The Bertz CT molecular complexity index is 649. The first-order chi connectivity index (χ1) is 11.9. The Hall–Kier alpha value is -2.55. The number of amides is 2. The number of carbonyl (C=O) groups is 2. The highest BCUT2D eigenvalue weighted by Crippen LogP contribution is 2.22. The minimum Gasteiger partial charge on any atom is -0.497 e. The highest BCUT2D eigenvalue weighted by atomic mass is 16.5. The molecule has 6 heteroatoms. The molecule has 0 radical (unpaired) electrons. The van der Waals surface area contributed by atoms with Crippen molar-refractivity contribution in [3.63, 3.8) is 0 Å². The maximum atomic E-state index is 12.4. The van der Waals surface area contributed by atoms with Crippen LogP contribution in [0.4, 0.5) is 0 Å². The molecule has 1 aromatic rings. The van der Waals surface area contributed by atoms with Crippen LogP contribution < -0.4 is 10.1 Å². The number of benzene rings is 1. The van der Waals surface area contributed by atoms with Gasteiger partial charge in [-0.1, -0.05) is 26.0 Å². The van der Waals surface area contributed by atoms with Crippen molar-refractivity contribution in [3.05, 3.63) is 29.8 Å². The second-order valence-corrected chi connectivity index (χ2v) is 6.84. The second-order valence-electron chi connectivity index (χ2n) is 6.84. The molecular weight excluding hydrogens is 318 g/mol. The fourth-order valence-electron chi connectivity index (χ4n) is 2.96. The Morgan fingerprint density at radius 2 is 2.08 bits per heavy atom. The standard InChI is InChI=1S/C19H25N3O3/c1-13(2)8-16(10-20)21-19(24)15-9-18(23)22(12-15)11-14-4-6-17(25-3)7-5-14/h4-7,13,15-16H,8-9,11-12H2,1-3H3,(H,21,24)/t15-,16-/m1/s1. The summed E-state index contributed by atoms with van der Waals surface area (Å²) in [6.45, 7) is 4.87. The van der Waals surface area contributed by atoms with Gasteiger partial charge >= 0.3 is 0 Å². The van der Waals surface area contributed by atoms with Crippen molar-refractivity contribution < 1.29 is 14.3 Å². The lowest BCUT2D eigenvalue weighted by molar-refractivity contribution is -0.129. The maximum Gasteiger partial charge on any atom is 0.226 e. The predicted octanol–water partition coefficient (Wildman–Crippen LogP) is 2.10. The van der Waals surface area contributed by atoms with Gasteiger partial charge in [-0.3, -0.25) is 9.59 Å². The molecule has 1 aromatic carbocycles.